The lowest BCUT2D eigenvalue weighted by Gasteiger charge is -1.90. The zero-order chi connectivity index (χ0) is 9.90. The molecule has 0 spiro atoms. The molecule has 0 amide bonds. The van der Waals surface area contributed by atoms with Gasteiger partial charge < -0.3 is 0 Å². The van der Waals surface area contributed by atoms with E-state index in [1.165, 1.54) is 25.7 Å². The first-order valence-electron chi connectivity index (χ1n) is 5.60. The Bertz CT molecular complexity index is 204. The fourth-order valence-electron chi connectivity index (χ4n) is 1.40. The van der Waals surface area contributed by atoms with Crippen molar-refractivity contribution < 1.29 is 0 Å². The van der Waals surface area contributed by atoms with Crippen molar-refractivity contribution in [3.63, 3.8) is 0 Å². The Hall–Kier alpha value is -1.04. The van der Waals surface area contributed by atoms with Gasteiger partial charge in [-0.3, -0.25) is 0 Å². The molecule has 0 unspecified atom stereocenters. The molecule has 1 rings (SSSR count). The van der Waals surface area contributed by atoms with Gasteiger partial charge in [-0.25, -0.2) is 0 Å². The lowest BCUT2D eigenvalue weighted by Crippen LogP contribution is -1.70. The van der Waals surface area contributed by atoms with Crippen molar-refractivity contribution in [3.05, 3.63) is 48.6 Å². The van der Waals surface area contributed by atoms with E-state index in [1.807, 2.05) is 0 Å². The summed E-state index contributed by atoms with van der Waals surface area (Å²) >= 11 is 0. The highest BCUT2D eigenvalue weighted by Gasteiger charge is 1.80. The van der Waals surface area contributed by atoms with E-state index in [0.717, 1.165) is 12.8 Å². The van der Waals surface area contributed by atoms with Crippen molar-refractivity contribution in [2.45, 2.75) is 38.5 Å². The second kappa shape index (κ2) is 8.55. The third kappa shape index (κ3) is 6.47. The second-order valence-corrected chi connectivity index (χ2v) is 3.51. The highest BCUT2D eigenvalue weighted by molar-refractivity contribution is 4.99. The van der Waals surface area contributed by atoms with Crippen LogP contribution in [0.4, 0.5) is 0 Å². The number of hydrogen-bond donors (Lipinski definition) is 0. The SMILES string of the molecule is C1=C\C/C=C/CC/C=C\CC/C=C\C/1. The summed E-state index contributed by atoms with van der Waals surface area (Å²) in [5.41, 5.74) is 0. The van der Waals surface area contributed by atoms with Gasteiger partial charge in [0.05, 0.1) is 0 Å². The minimum atomic E-state index is 1.08. The van der Waals surface area contributed by atoms with Crippen molar-refractivity contribution in [2.75, 3.05) is 0 Å². The van der Waals surface area contributed by atoms with E-state index < -0.39 is 0 Å². The maximum absolute atomic E-state index is 2.29. The summed E-state index contributed by atoms with van der Waals surface area (Å²) in [5.74, 6) is 0. The summed E-state index contributed by atoms with van der Waals surface area (Å²) in [6.07, 6.45) is 25.0. The largest absolute Gasteiger partial charge is 0.0882 e. The predicted molar refractivity (Wildman–Crippen MR) is 64.3 cm³/mol. The molecule has 76 valence electrons. The third-order valence-electron chi connectivity index (χ3n) is 2.21. The Kier molecular flexibility index (Phi) is 6.74. The fourth-order valence-corrected chi connectivity index (χ4v) is 1.40. The van der Waals surface area contributed by atoms with Crippen LogP contribution in [0.5, 0.6) is 0 Å². The minimum absolute atomic E-state index is 1.08. The van der Waals surface area contributed by atoms with Crippen LogP contribution in [0.2, 0.25) is 0 Å². The van der Waals surface area contributed by atoms with E-state index in [2.05, 4.69) is 48.6 Å². The third-order valence-corrected chi connectivity index (χ3v) is 2.21. The number of allylic oxidation sites excluding steroid dienone is 8. The van der Waals surface area contributed by atoms with Crippen LogP contribution in [0.25, 0.3) is 0 Å². The molecule has 0 aromatic heterocycles. The summed E-state index contributed by atoms with van der Waals surface area (Å²) < 4.78 is 0. The Morgan fingerprint density at radius 1 is 0.357 bits per heavy atom. The molecule has 0 saturated heterocycles. The highest BCUT2D eigenvalue weighted by Crippen LogP contribution is 2.01. The number of hydrogen-bond acceptors (Lipinski definition) is 0. The van der Waals surface area contributed by atoms with Gasteiger partial charge in [0, 0.05) is 0 Å². The van der Waals surface area contributed by atoms with Crippen molar-refractivity contribution in [1.82, 2.24) is 0 Å². The van der Waals surface area contributed by atoms with Gasteiger partial charge in [-0.05, 0) is 38.5 Å². The molecule has 0 radical (unpaired) electrons. The average molecular weight is 188 g/mol. The quantitative estimate of drug-likeness (QED) is 0.489. The van der Waals surface area contributed by atoms with Crippen LogP contribution in [0.15, 0.2) is 48.6 Å². The molecule has 0 fully saturated rings. The van der Waals surface area contributed by atoms with Gasteiger partial charge >= 0.3 is 0 Å². The van der Waals surface area contributed by atoms with Crippen molar-refractivity contribution in [3.8, 4) is 0 Å². The zero-order valence-electron chi connectivity index (χ0n) is 8.86. The monoisotopic (exact) mass is 188 g/mol. The maximum atomic E-state index is 2.29. The molecular formula is C14H20. The van der Waals surface area contributed by atoms with Gasteiger partial charge in [-0.1, -0.05) is 48.6 Å². The topological polar surface area (TPSA) is 0 Å². The Morgan fingerprint density at radius 2 is 0.643 bits per heavy atom. The van der Waals surface area contributed by atoms with Crippen LogP contribution in [0.1, 0.15) is 38.5 Å². The molecule has 1 aliphatic carbocycles. The van der Waals surface area contributed by atoms with Gasteiger partial charge in [-0.2, -0.15) is 0 Å². The molecule has 0 saturated carbocycles. The molecule has 0 heteroatoms. The second-order valence-electron chi connectivity index (χ2n) is 3.51. The van der Waals surface area contributed by atoms with Gasteiger partial charge in [0.1, 0.15) is 0 Å². The van der Waals surface area contributed by atoms with Crippen LogP contribution < -0.4 is 0 Å². The summed E-state index contributed by atoms with van der Waals surface area (Å²) in [6, 6.07) is 0. The van der Waals surface area contributed by atoms with Crippen LogP contribution in [-0.2, 0) is 0 Å². The molecule has 0 atom stereocenters. The first-order valence-corrected chi connectivity index (χ1v) is 5.60. The lowest BCUT2D eigenvalue weighted by molar-refractivity contribution is 0.997. The van der Waals surface area contributed by atoms with Crippen LogP contribution in [-0.4, -0.2) is 0 Å². The molecule has 0 aromatic rings. The molecule has 0 nitrogen and oxygen atoms in total. The standard InChI is InChI=1S/C14H20/c1-2-4-6-8-10-12-14-13-11-9-7-5-3-1/h1-2,5-8,13-14H,3-4,9-12H2/b2-1-,7-5-,8-6+,14-13-. The van der Waals surface area contributed by atoms with Crippen molar-refractivity contribution >= 4 is 0 Å². The number of rotatable bonds is 0. The van der Waals surface area contributed by atoms with E-state index in [0.29, 0.717) is 0 Å². The van der Waals surface area contributed by atoms with E-state index in [1.54, 1.807) is 0 Å². The van der Waals surface area contributed by atoms with Crippen molar-refractivity contribution in [2.24, 2.45) is 0 Å². The first kappa shape index (κ1) is 11.0. The normalized spacial score (nSPS) is 28.6. The Morgan fingerprint density at radius 3 is 1.07 bits per heavy atom. The molecule has 0 bridgehead atoms. The molecular weight excluding hydrogens is 168 g/mol. The molecule has 0 aromatic carbocycles. The zero-order valence-corrected chi connectivity index (χ0v) is 8.86. The summed E-state index contributed by atoms with van der Waals surface area (Å²) in [5, 5.41) is 0. The highest BCUT2D eigenvalue weighted by atomic mass is 13.9. The van der Waals surface area contributed by atoms with E-state index in [-0.39, 0.29) is 0 Å². The van der Waals surface area contributed by atoms with E-state index in [9.17, 15) is 0 Å². The maximum Gasteiger partial charge on any atom is -0.0169 e. The summed E-state index contributed by atoms with van der Waals surface area (Å²) in [4.78, 5) is 0. The summed E-state index contributed by atoms with van der Waals surface area (Å²) in [6.45, 7) is 0. The minimum Gasteiger partial charge on any atom is -0.0882 e. The first-order chi connectivity index (χ1) is 7.00. The van der Waals surface area contributed by atoms with Gasteiger partial charge in [0.15, 0.2) is 0 Å². The Labute approximate surface area is 87.7 Å². The van der Waals surface area contributed by atoms with Crippen LogP contribution in [0, 0.1) is 0 Å². The molecule has 0 heterocycles. The van der Waals surface area contributed by atoms with Gasteiger partial charge in [0.25, 0.3) is 0 Å². The lowest BCUT2D eigenvalue weighted by atomic mass is 10.2. The van der Waals surface area contributed by atoms with Gasteiger partial charge in [0.2, 0.25) is 0 Å². The van der Waals surface area contributed by atoms with E-state index >= 15 is 0 Å². The van der Waals surface area contributed by atoms with Gasteiger partial charge in [-0.15, -0.1) is 0 Å². The average Bonchev–Trinajstić information content (AvgIpc) is 2.22. The smallest absolute Gasteiger partial charge is 0.0169 e. The molecule has 0 N–H and O–H groups in total. The van der Waals surface area contributed by atoms with Crippen LogP contribution in [0.3, 0.4) is 0 Å². The van der Waals surface area contributed by atoms with Crippen LogP contribution >= 0.6 is 0 Å². The van der Waals surface area contributed by atoms with E-state index in [4.69, 9.17) is 0 Å². The summed E-state index contributed by atoms with van der Waals surface area (Å²) in [7, 11) is 0. The molecule has 1 aliphatic rings. The fraction of sp³-hybridized carbons (Fsp3) is 0.429. The molecule has 14 heavy (non-hydrogen) atoms. The molecule has 0 aliphatic heterocycles. The Balaban J connectivity index is 2.34. The van der Waals surface area contributed by atoms with Crippen molar-refractivity contribution in [1.29, 1.82) is 0 Å². The predicted octanol–water partition coefficient (Wildman–Crippen LogP) is 4.57.